The van der Waals surface area contributed by atoms with Gasteiger partial charge in [0.25, 0.3) is 5.91 Å². The maximum atomic E-state index is 11.4. The summed E-state index contributed by atoms with van der Waals surface area (Å²) in [5.74, 6) is 1.54. The highest BCUT2D eigenvalue weighted by Gasteiger charge is 2.21. The highest BCUT2D eigenvalue weighted by Crippen LogP contribution is 2.33. The molecule has 0 aliphatic carbocycles. The van der Waals surface area contributed by atoms with Gasteiger partial charge in [0.15, 0.2) is 6.61 Å². The first-order chi connectivity index (χ1) is 10.2. The van der Waals surface area contributed by atoms with E-state index in [-0.39, 0.29) is 18.6 Å². The van der Waals surface area contributed by atoms with Gasteiger partial charge in [0, 0.05) is 12.0 Å². The Balaban J connectivity index is 1.98. The number of rotatable bonds is 4. The number of hydrogen-bond donors (Lipinski definition) is 2. The molecule has 2 heterocycles. The van der Waals surface area contributed by atoms with Crippen molar-refractivity contribution in [1.82, 2.24) is 5.32 Å². The van der Waals surface area contributed by atoms with E-state index in [1.54, 1.807) is 6.26 Å². The normalized spacial score (nSPS) is 15.0. The number of ether oxygens (including phenoxy) is 1. The van der Waals surface area contributed by atoms with E-state index < -0.39 is 0 Å². The first-order valence-corrected chi connectivity index (χ1v) is 7.03. The Labute approximate surface area is 123 Å². The number of amides is 1. The van der Waals surface area contributed by atoms with Crippen molar-refractivity contribution in [2.75, 3.05) is 19.0 Å². The second-order valence-electron chi connectivity index (χ2n) is 4.97. The molecule has 2 N–H and O–H groups in total. The molecule has 21 heavy (non-hydrogen) atoms. The Kier molecular flexibility index (Phi) is 3.66. The maximum Gasteiger partial charge on any atom is 0.262 e. The van der Waals surface area contributed by atoms with Crippen LogP contribution in [0.25, 0.3) is 0 Å². The predicted molar refractivity (Wildman–Crippen MR) is 79.6 cm³/mol. The largest absolute Gasteiger partial charge is 0.482 e. The van der Waals surface area contributed by atoms with E-state index in [0.717, 1.165) is 23.3 Å². The summed E-state index contributed by atoms with van der Waals surface area (Å²) in [5, 5.41) is 6.14. The van der Waals surface area contributed by atoms with Crippen LogP contribution in [0.5, 0.6) is 5.75 Å². The summed E-state index contributed by atoms with van der Waals surface area (Å²) < 4.78 is 10.9. The molecule has 1 atom stereocenters. The van der Waals surface area contributed by atoms with E-state index in [0.29, 0.717) is 11.4 Å². The van der Waals surface area contributed by atoms with Crippen molar-refractivity contribution in [2.24, 2.45) is 0 Å². The van der Waals surface area contributed by atoms with E-state index in [4.69, 9.17) is 9.15 Å². The Morgan fingerprint density at radius 1 is 1.38 bits per heavy atom. The Hall–Kier alpha value is -2.27. The molecule has 0 spiro atoms. The van der Waals surface area contributed by atoms with Crippen molar-refractivity contribution in [3.8, 4) is 5.75 Å². The molecular formula is C16H18N2O3. The summed E-state index contributed by atoms with van der Waals surface area (Å²) in [6.45, 7) is 2.14. The average molecular weight is 286 g/mol. The number of anilines is 1. The molecule has 1 unspecified atom stereocenters. The monoisotopic (exact) mass is 286 g/mol. The molecule has 3 rings (SSSR count). The van der Waals surface area contributed by atoms with Crippen molar-refractivity contribution in [3.05, 3.63) is 47.4 Å². The van der Waals surface area contributed by atoms with E-state index in [1.165, 1.54) is 0 Å². The quantitative estimate of drug-likeness (QED) is 0.906. The standard InChI is InChI=1S/C16H18N2O3/c1-3-13-11(6-7-20-13)16(17-2)10-4-5-14-12(8-10)18-15(19)9-21-14/h4-8,16-17H,3,9H2,1-2H3,(H,18,19). The van der Waals surface area contributed by atoms with Crippen LogP contribution in [-0.4, -0.2) is 19.6 Å². The lowest BCUT2D eigenvalue weighted by Gasteiger charge is -2.22. The van der Waals surface area contributed by atoms with Crippen LogP contribution in [0, 0.1) is 0 Å². The first kappa shape index (κ1) is 13.7. The van der Waals surface area contributed by atoms with Crippen LogP contribution in [0.15, 0.2) is 34.9 Å². The number of carbonyl (C=O) groups is 1. The second kappa shape index (κ2) is 5.61. The predicted octanol–water partition coefficient (Wildman–Crippen LogP) is 2.48. The number of benzene rings is 1. The Morgan fingerprint density at radius 2 is 2.24 bits per heavy atom. The maximum absolute atomic E-state index is 11.4. The molecule has 0 bridgehead atoms. The molecule has 1 aliphatic rings. The van der Waals surface area contributed by atoms with Gasteiger partial charge in [0.1, 0.15) is 11.5 Å². The highest BCUT2D eigenvalue weighted by atomic mass is 16.5. The fourth-order valence-corrected chi connectivity index (χ4v) is 2.68. The van der Waals surface area contributed by atoms with E-state index in [9.17, 15) is 4.79 Å². The van der Waals surface area contributed by atoms with E-state index in [2.05, 4.69) is 17.6 Å². The van der Waals surface area contributed by atoms with Crippen molar-refractivity contribution in [2.45, 2.75) is 19.4 Å². The molecule has 1 amide bonds. The number of furan rings is 1. The fourth-order valence-electron chi connectivity index (χ4n) is 2.68. The molecular weight excluding hydrogens is 268 g/mol. The summed E-state index contributed by atoms with van der Waals surface area (Å²) >= 11 is 0. The molecule has 5 nitrogen and oxygen atoms in total. The van der Waals surface area contributed by atoms with Gasteiger partial charge < -0.3 is 19.8 Å². The van der Waals surface area contributed by atoms with Crippen LogP contribution in [0.2, 0.25) is 0 Å². The third-order valence-corrected chi connectivity index (χ3v) is 3.67. The van der Waals surface area contributed by atoms with Gasteiger partial charge in [-0.25, -0.2) is 0 Å². The van der Waals surface area contributed by atoms with Crippen LogP contribution in [0.4, 0.5) is 5.69 Å². The van der Waals surface area contributed by atoms with Crippen LogP contribution >= 0.6 is 0 Å². The van der Waals surface area contributed by atoms with Gasteiger partial charge in [-0.3, -0.25) is 4.79 Å². The number of aryl methyl sites for hydroxylation is 1. The van der Waals surface area contributed by atoms with Crippen molar-refractivity contribution in [1.29, 1.82) is 0 Å². The van der Waals surface area contributed by atoms with Crippen LogP contribution in [-0.2, 0) is 11.2 Å². The molecule has 1 aliphatic heterocycles. The summed E-state index contributed by atoms with van der Waals surface area (Å²) in [5.41, 5.74) is 2.88. The molecule has 1 aromatic heterocycles. The Morgan fingerprint density at radius 3 is 3.00 bits per heavy atom. The lowest BCUT2D eigenvalue weighted by molar-refractivity contribution is -0.118. The molecule has 2 aromatic rings. The van der Waals surface area contributed by atoms with Crippen LogP contribution in [0.3, 0.4) is 0 Å². The summed E-state index contributed by atoms with van der Waals surface area (Å²) in [6.07, 6.45) is 2.55. The fraction of sp³-hybridized carbons (Fsp3) is 0.312. The molecule has 0 saturated carbocycles. The lowest BCUT2D eigenvalue weighted by Crippen LogP contribution is -2.26. The van der Waals surface area contributed by atoms with E-state index >= 15 is 0 Å². The summed E-state index contributed by atoms with van der Waals surface area (Å²) in [6, 6.07) is 7.83. The molecule has 0 saturated heterocycles. The zero-order valence-electron chi connectivity index (χ0n) is 12.1. The zero-order chi connectivity index (χ0) is 14.8. The third kappa shape index (κ3) is 2.52. The minimum absolute atomic E-state index is 0.0165. The minimum atomic E-state index is -0.127. The SMILES string of the molecule is CCc1occc1C(NC)c1ccc2c(c1)NC(=O)CO2. The van der Waals surface area contributed by atoms with E-state index in [1.807, 2.05) is 31.3 Å². The minimum Gasteiger partial charge on any atom is -0.482 e. The molecule has 0 radical (unpaired) electrons. The zero-order valence-corrected chi connectivity index (χ0v) is 12.1. The molecule has 5 heteroatoms. The second-order valence-corrected chi connectivity index (χ2v) is 4.97. The average Bonchev–Trinajstić information content (AvgIpc) is 2.96. The Bertz CT molecular complexity index is 663. The number of hydrogen-bond acceptors (Lipinski definition) is 4. The van der Waals surface area contributed by atoms with Crippen molar-refractivity contribution >= 4 is 11.6 Å². The molecule has 110 valence electrons. The van der Waals surface area contributed by atoms with Gasteiger partial charge >= 0.3 is 0 Å². The van der Waals surface area contributed by atoms with Gasteiger partial charge in [0.05, 0.1) is 18.0 Å². The first-order valence-electron chi connectivity index (χ1n) is 7.03. The van der Waals surface area contributed by atoms with Crippen molar-refractivity contribution < 1.29 is 13.9 Å². The number of fused-ring (bicyclic) bond motifs is 1. The topological polar surface area (TPSA) is 63.5 Å². The van der Waals surface area contributed by atoms with Gasteiger partial charge in [-0.2, -0.15) is 0 Å². The van der Waals surface area contributed by atoms with Gasteiger partial charge in [0.2, 0.25) is 0 Å². The highest BCUT2D eigenvalue weighted by molar-refractivity contribution is 5.95. The smallest absolute Gasteiger partial charge is 0.262 e. The summed E-state index contributed by atoms with van der Waals surface area (Å²) in [7, 11) is 1.91. The third-order valence-electron chi connectivity index (χ3n) is 3.67. The lowest BCUT2D eigenvalue weighted by atomic mass is 9.97. The molecule has 0 fully saturated rings. The number of carbonyl (C=O) groups excluding carboxylic acids is 1. The van der Waals surface area contributed by atoms with Crippen molar-refractivity contribution in [3.63, 3.8) is 0 Å². The summed E-state index contributed by atoms with van der Waals surface area (Å²) in [4.78, 5) is 11.4. The van der Waals surface area contributed by atoms with Gasteiger partial charge in [-0.05, 0) is 30.8 Å². The number of nitrogens with one attached hydrogen (secondary N) is 2. The van der Waals surface area contributed by atoms with Crippen LogP contribution in [0.1, 0.15) is 29.9 Å². The van der Waals surface area contributed by atoms with Gasteiger partial charge in [-0.1, -0.05) is 13.0 Å². The molecule has 1 aromatic carbocycles. The van der Waals surface area contributed by atoms with Crippen LogP contribution < -0.4 is 15.4 Å². The van der Waals surface area contributed by atoms with Gasteiger partial charge in [-0.15, -0.1) is 0 Å².